The van der Waals surface area contributed by atoms with Gasteiger partial charge in [0.05, 0.1) is 5.41 Å². The molecule has 0 spiro atoms. The van der Waals surface area contributed by atoms with Crippen LogP contribution in [0.25, 0.3) is 0 Å². The fourth-order valence-corrected chi connectivity index (χ4v) is 2.60. The van der Waals surface area contributed by atoms with Crippen molar-refractivity contribution in [2.75, 3.05) is 0 Å². The van der Waals surface area contributed by atoms with E-state index in [-0.39, 0.29) is 11.3 Å². The Kier molecular flexibility index (Phi) is 2.51. The number of hydrogen-bond donors (Lipinski definition) is 1. The van der Waals surface area contributed by atoms with Gasteiger partial charge in [-0.05, 0) is 25.3 Å². The SMILES string of the molecule is Cc1cccc(C2(C(N)=O)CCCC2)c1. The lowest BCUT2D eigenvalue weighted by atomic mass is 9.78. The van der Waals surface area contributed by atoms with Crippen molar-refractivity contribution in [1.82, 2.24) is 0 Å². The number of carbonyl (C=O) groups excluding carboxylic acids is 1. The van der Waals surface area contributed by atoms with Crippen LogP contribution in [0.3, 0.4) is 0 Å². The lowest BCUT2D eigenvalue weighted by Crippen LogP contribution is -2.38. The second kappa shape index (κ2) is 3.69. The number of hydrogen-bond acceptors (Lipinski definition) is 1. The maximum Gasteiger partial charge on any atom is 0.228 e. The minimum absolute atomic E-state index is 0.161. The Morgan fingerprint density at radius 3 is 2.53 bits per heavy atom. The van der Waals surface area contributed by atoms with Crippen LogP contribution in [0, 0.1) is 6.92 Å². The maximum atomic E-state index is 11.7. The fourth-order valence-electron chi connectivity index (χ4n) is 2.60. The van der Waals surface area contributed by atoms with Gasteiger partial charge >= 0.3 is 0 Å². The summed E-state index contributed by atoms with van der Waals surface area (Å²) in [4.78, 5) is 11.7. The number of benzene rings is 1. The summed E-state index contributed by atoms with van der Waals surface area (Å²) in [5.74, 6) is -0.161. The Labute approximate surface area is 90.5 Å². The summed E-state index contributed by atoms with van der Waals surface area (Å²) in [6.07, 6.45) is 4.03. The third kappa shape index (κ3) is 1.65. The summed E-state index contributed by atoms with van der Waals surface area (Å²) in [6.45, 7) is 2.05. The molecular formula is C13H17NO. The van der Waals surface area contributed by atoms with Gasteiger partial charge in [-0.25, -0.2) is 0 Å². The van der Waals surface area contributed by atoms with Crippen LogP contribution in [-0.2, 0) is 10.2 Å². The number of carbonyl (C=O) groups is 1. The summed E-state index contributed by atoms with van der Waals surface area (Å²) in [6, 6.07) is 8.18. The molecule has 2 rings (SSSR count). The first-order chi connectivity index (χ1) is 7.15. The van der Waals surface area contributed by atoms with Crippen molar-refractivity contribution >= 4 is 5.91 Å². The normalized spacial score (nSPS) is 19.0. The molecule has 0 aliphatic heterocycles. The zero-order chi connectivity index (χ0) is 10.9. The van der Waals surface area contributed by atoms with Crippen LogP contribution in [0.1, 0.15) is 36.8 Å². The molecule has 0 bridgehead atoms. The Morgan fingerprint density at radius 1 is 1.33 bits per heavy atom. The highest BCUT2D eigenvalue weighted by Gasteiger charge is 2.40. The highest BCUT2D eigenvalue weighted by molar-refractivity contribution is 5.87. The molecule has 2 heteroatoms. The topological polar surface area (TPSA) is 43.1 Å². The molecule has 80 valence electrons. The van der Waals surface area contributed by atoms with Gasteiger partial charge in [-0.3, -0.25) is 4.79 Å². The fraction of sp³-hybridized carbons (Fsp3) is 0.462. The van der Waals surface area contributed by atoms with Crippen molar-refractivity contribution in [3.63, 3.8) is 0 Å². The van der Waals surface area contributed by atoms with Crippen LogP contribution in [0.4, 0.5) is 0 Å². The highest BCUT2D eigenvalue weighted by atomic mass is 16.1. The van der Waals surface area contributed by atoms with Gasteiger partial charge in [0.15, 0.2) is 0 Å². The molecular weight excluding hydrogens is 186 g/mol. The maximum absolute atomic E-state index is 11.7. The number of amides is 1. The number of aryl methyl sites for hydroxylation is 1. The van der Waals surface area contributed by atoms with E-state index in [9.17, 15) is 4.79 Å². The molecule has 1 fully saturated rings. The molecule has 0 heterocycles. The average molecular weight is 203 g/mol. The lowest BCUT2D eigenvalue weighted by Gasteiger charge is -2.25. The average Bonchev–Trinajstić information content (AvgIpc) is 2.67. The molecule has 15 heavy (non-hydrogen) atoms. The van der Waals surface area contributed by atoms with E-state index in [0.717, 1.165) is 31.2 Å². The lowest BCUT2D eigenvalue weighted by molar-refractivity contribution is -0.123. The molecule has 2 N–H and O–H groups in total. The molecule has 0 aromatic heterocycles. The summed E-state index contributed by atoms with van der Waals surface area (Å²) >= 11 is 0. The van der Waals surface area contributed by atoms with Crippen molar-refractivity contribution in [3.8, 4) is 0 Å². The monoisotopic (exact) mass is 203 g/mol. The van der Waals surface area contributed by atoms with Crippen molar-refractivity contribution in [2.45, 2.75) is 38.0 Å². The predicted molar refractivity (Wildman–Crippen MR) is 60.5 cm³/mol. The van der Waals surface area contributed by atoms with Gasteiger partial charge in [0, 0.05) is 0 Å². The molecule has 0 radical (unpaired) electrons. The van der Waals surface area contributed by atoms with Gasteiger partial charge in [0.25, 0.3) is 0 Å². The highest BCUT2D eigenvalue weighted by Crippen LogP contribution is 2.40. The molecule has 2 nitrogen and oxygen atoms in total. The zero-order valence-corrected chi connectivity index (χ0v) is 9.12. The summed E-state index contributed by atoms with van der Waals surface area (Å²) < 4.78 is 0. The molecule has 1 amide bonds. The van der Waals surface area contributed by atoms with E-state index >= 15 is 0 Å². The number of rotatable bonds is 2. The summed E-state index contributed by atoms with van der Waals surface area (Å²) in [5, 5.41) is 0. The molecule has 0 atom stereocenters. The second-order valence-corrected chi connectivity index (χ2v) is 4.52. The molecule has 1 aliphatic carbocycles. The third-order valence-electron chi connectivity index (χ3n) is 3.50. The second-order valence-electron chi connectivity index (χ2n) is 4.52. The van der Waals surface area contributed by atoms with E-state index in [1.165, 1.54) is 5.56 Å². The Hall–Kier alpha value is -1.31. The minimum atomic E-state index is -0.383. The Balaban J connectivity index is 2.45. The predicted octanol–water partition coefficient (Wildman–Crippen LogP) is 2.29. The van der Waals surface area contributed by atoms with E-state index in [4.69, 9.17) is 5.73 Å². The first-order valence-corrected chi connectivity index (χ1v) is 5.52. The summed E-state index contributed by atoms with van der Waals surface area (Å²) in [7, 11) is 0. The van der Waals surface area contributed by atoms with Gasteiger partial charge in [0.2, 0.25) is 5.91 Å². The quantitative estimate of drug-likeness (QED) is 0.787. The molecule has 0 saturated heterocycles. The van der Waals surface area contributed by atoms with Crippen LogP contribution in [0.5, 0.6) is 0 Å². The molecule has 1 saturated carbocycles. The van der Waals surface area contributed by atoms with Crippen LogP contribution in [-0.4, -0.2) is 5.91 Å². The van der Waals surface area contributed by atoms with E-state index in [1.807, 2.05) is 25.1 Å². The standard InChI is InChI=1S/C13H17NO/c1-10-5-4-6-11(9-10)13(12(14)15)7-2-3-8-13/h4-6,9H,2-3,7-8H2,1H3,(H2,14,15). The van der Waals surface area contributed by atoms with Gasteiger partial charge in [-0.2, -0.15) is 0 Å². The minimum Gasteiger partial charge on any atom is -0.369 e. The van der Waals surface area contributed by atoms with Crippen molar-refractivity contribution in [1.29, 1.82) is 0 Å². The van der Waals surface area contributed by atoms with E-state index in [0.29, 0.717) is 0 Å². The van der Waals surface area contributed by atoms with Gasteiger partial charge in [-0.15, -0.1) is 0 Å². The smallest absolute Gasteiger partial charge is 0.228 e. The van der Waals surface area contributed by atoms with Crippen molar-refractivity contribution in [3.05, 3.63) is 35.4 Å². The van der Waals surface area contributed by atoms with Crippen LogP contribution in [0.15, 0.2) is 24.3 Å². The molecule has 1 aliphatic rings. The van der Waals surface area contributed by atoms with Crippen LogP contribution in [0.2, 0.25) is 0 Å². The first-order valence-electron chi connectivity index (χ1n) is 5.52. The molecule has 0 unspecified atom stereocenters. The Morgan fingerprint density at radius 2 is 2.00 bits per heavy atom. The number of primary amides is 1. The van der Waals surface area contributed by atoms with Crippen LogP contribution >= 0.6 is 0 Å². The largest absolute Gasteiger partial charge is 0.369 e. The molecule has 1 aromatic rings. The first kappa shape index (κ1) is 10.2. The van der Waals surface area contributed by atoms with E-state index < -0.39 is 0 Å². The van der Waals surface area contributed by atoms with Gasteiger partial charge in [0.1, 0.15) is 0 Å². The van der Waals surface area contributed by atoms with Crippen molar-refractivity contribution < 1.29 is 4.79 Å². The Bertz CT molecular complexity index is 378. The zero-order valence-electron chi connectivity index (χ0n) is 9.12. The van der Waals surface area contributed by atoms with E-state index in [2.05, 4.69) is 6.07 Å². The van der Waals surface area contributed by atoms with Gasteiger partial charge < -0.3 is 5.73 Å². The third-order valence-corrected chi connectivity index (χ3v) is 3.50. The number of nitrogens with two attached hydrogens (primary N) is 1. The summed E-state index contributed by atoms with van der Waals surface area (Å²) in [5.41, 5.74) is 7.49. The molecule has 1 aromatic carbocycles. The van der Waals surface area contributed by atoms with Crippen LogP contribution < -0.4 is 5.73 Å². The van der Waals surface area contributed by atoms with Crippen molar-refractivity contribution in [2.24, 2.45) is 5.73 Å². The van der Waals surface area contributed by atoms with E-state index in [1.54, 1.807) is 0 Å². The van der Waals surface area contributed by atoms with Gasteiger partial charge in [-0.1, -0.05) is 42.7 Å².